The number of nitrogens with one attached hydrogen (secondary N) is 1. The number of halogens is 1. The molecule has 0 saturated heterocycles. The van der Waals surface area contributed by atoms with Crippen molar-refractivity contribution in [1.82, 2.24) is 14.5 Å². The van der Waals surface area contributed by atoms with E-state index < -0.39 is 0 Å². The Labute approximate surface area is 243 Å². The van der Waals surface area contributed by atoms with Crippen molar-refractivity contribution in [2.75, 3.05) is 5.88 Å². The summed E-state index contributed by atoms with van der Waals surface area (Å²) in [7, 11) is 0. The standard InChI is InChI=1S/C30H30ClN5O3S/c1-5-34-27(38)22(28(39)35(6-2)29(34)40)9-7-8-21(17-32)20-12-13-36-24-11-10-19(18-33-26(37)16-31)14-23(24)30(3,4)25(36)15-20/h7-15H,5-6,16,18H2,1-4H3,(H,33,37)/p+1. The van der Waals surface area contributed by atoms with Crippen molar-refractivity contribution in [3.63, 3.8) is 0 Å². The molecule has 0 unspecified atom stereocenters. The Morgan fingerprint density at radius 3 is 2.60 bits per heavy atom. The molecular formula is C30H31ClN5O3S+. The summed E-state index contributed by atoms with van der Waals surface area (Å²) in [5.41, 5.74) is 4.66. The Kier molecular flexibility index (Phi) is 8.43. The maximum Gasteiger partial charge on any atom is 0.265 e. The highest BCUT2D eigenvalue weighted by atomic mass is 35.5. The zero-order chi connectivity index (χ0) is 29.2. The number of nitrogens with zero attached hydrogens (tertiary/aromatic N) is 4. The number of hydrogen-bond donors (Lipinski definition) is 2. The van der Waals surface area contributed by atoms with Gasteiger partial charge in [-0.2, -0.15) is 9.83 Å². The van der Waals surface area contributed by atoms with Gasteiger partial charge in [0.1, 0.15) is 11.4 Å². The van der Waals surface area contributed by atoms with Gasteiger partial charge in [0, 0.05) is 49.0 Å². The van der Waals surface area contributed by atoms with Crippen LogP contribution >= 0.6 is 23.8 Å². The number of nitriles is 1. The van der Waals surface area contributed by atoms with Gasteiger partial charge in [0.15, 0.2) is 16.7 Å². The number of benzene rings is 1. The monoisotopic (exact) mass is 576 g/mol. The summed E-state index contributed by atoms with van der Waals surface area (Å²) >= 11 is 10.9. The van der Waals surface area contributed by atoms with E-state index >= 15 is 0 Å². The second-order valence-electron chi connectivity index (χ2n) is 9.92. The predicted molar refractivity (Wildman–Crippen MR) is 158 cm³/mol. The van der Waals surface area contributed by atoms with Crippen LogP contribution in [0.1, 0.15) is 55.6 Å². The third-order valence-corrected chi connectivity index (χ3v) is 7.91. The van der Waals surface area contributed by atoms with Crippen LogP contribution in [0.2, 0.25) is 0 Å². The summed E-state index contributed by atoms with van der Waals surface area (Å²) in [4.78, 5) is 24.5. The number of amides is 1. The zero-order valence-corrected chi connectivity index (χ0v) is 24.4. The van der Waals surface area contributed by atoms with Gasteiger partial charge in [0.05, 0.1) is 17.1 Å². The quantitative estimate of drug-likeness (QED) is 0.135. The number of allylic oxidation sites excluding steroid dienone is 3. The highest BCUT2D eigenvalue weighted by molar-refractivity contribution is 7.71. The molecule has 10 heteroatoms. The fourth-order valence-electron chi connectivity index (χ4n) is 5.01. The average molecular weight is 577 g/mol. The normalized spacial score (nSPS) is 13.7. The molecular weight excluding hydrogens is 546 g/mol. The Balaban J connectivity index is 1.69. The van der Waals surface area contributed by atoms with Crippen LogP contribution in [-0.2, 0) is 29.8 Å². The first-order valence-corrected chi connectivity index (χ1v) is 13.9. The van der Waals surface area contributed by atoms with Crippen molar-refractivity contribution >= 4 is 41.4 Å². The number of alkyl halides is 1. The van der Waals surface area contributed by atoms with Crippen molar-refractivity contribution in [2.24, 2.45) is 0 Å². The molecule has 1 aliphatic heterocycles. The molecule has 1 aliphatic rings. The Morgan fingerprint density at radius 2 is 1.95 bits per heavy atom. The fourth-order valence-corrected chi connectivity index (χ4v) is 5.53. The smallest absolute Gasteiger partial charge is 0.265 e. The molecule has 4 rings (SSSR count). The van der Waals surface area contributed by atoms with Crippen LogP contribution < -0.4 is 15.4 Å². The molecule has 0 atom stereocenters. The molecule has 3 heterocycles. The first-order chi connectivity index (χ1) is 19.1. The third kappa shape index (κ3) is 5.12. The van der Waals surface area contributed by atoms with E-state index in [1.165, 1.54) is 15.2 Å². The lowest BCUT2D eigenvalue weighted by atomic mass is 9.82. The second-order valence-corrected chi connectivity index (χ2v) is 10.6. The maximum absolute atomic E-state index is 12.9. The first-order valence-electron chi connectivity index (χ1n) is 13.0. The molecule has 0 aliphatic carbocycles. The van der Waals surface area contributed by atoms with Crippen LogP contribution in [0.15, 0.2) is 53.5 Å². The SMILES string of the molecule is CCn1c(O)c(/C=C/C=C(\C#N)c2cc[n+]3c(c2)C(C)(C)c2cc(CNC(=O)CCl)ccc2-3)c(=O)n(CC)c1=S. The number of hydrogen-bond acceptors (Lipinski definition) is 5. The highest BCUT2D eigenvalue weighted by Crippen LogP contribution is 2.39. The number of fused-ring (bicyclic) bond motifs is 3. The molecule has 8 nitrogen and oxygen atoms in total. The number of aromatic nitrogens is 3. The van der Waals surface area contributed by atoms with Gasteiger partial charge in [0.2, 0.25) is 17.5 Å². The molecule has 0 saturated carbocycles. The second kappa shape index (κ2) is 11.6. The summed E-state index contributed by atoms with van der Waals surface area (Å²) < 4.78 is 5.31. The van der Waals surface area contributed by atoms with Crippen LogP contribution in [0.5, 0.6) is 5.88 Å². The third-order valence-electron chi connectivity index (χ3n) is 7.22. The van der Waals surface area contributed by atoms with E-state index in [2.05, 4.69) is 35.9 Å². The van der Waals surface area contributed by atoms with Crippen LogP contribution in [0.3, 0.4) is 0 Å². The maximum atomic E-state index is 12.9. The number of pyridine rings is 1. The number of rotatable bonds is 8. The Morgan fingerprint density at radius 1 is 1.23 bits per heavy atom. The van der Waals surface area contributed by atoms with Gasteiger partial charge in [-0.05, 0) is 63.7 Å². The van der Waals surface area contributed by atoms with Gasteiger partial charge in [0.25, 0.3) is 5.56 Å². The van der Waals surface area contributed by atoms with Crippen LogP contribution in [0.25, 0.3) is 17.3 Å². The fraction of sp³-hybridized carbons (Fsp3) is 0.300. The largest absolute Gasteiger partial charge is 0.494 e. The van der Waals surface area contributed by atoms with Crippen LogP contribution in [0.4, 0.5) is 0 Å². The van der Waals surface area contributed by atoms with E-state index in [4.69, 9.17) is 23.8 Å². The minimum Gasteiger partial charge on any atom is -0.494 e. The molecule has 1 amide bonds. The van der Waals surface area contributed by atoms with E-state index in [9.17, 15) is 20.0 Å². The van der Waals surface area contributed by atoms with Crippen molar-refractivity contribution < 1.29 is 14.5 Å². The van der Waals surface area contributed by atoms with Gasteiger partial charge < -0.3 is 10.4 Å². The number of carbonyl (C=O) groups excluding carboxylic acids is 1. The Hall–Kier alpha value is -4.00. The van der Waals surface area contributed by atoms with E-state index in [1.807, 2.05) is 44.3 Å². The predicted octanol–water partition coefficient (Wildman–Crippen LogP) is 4.52. The van der Waals surface area contributed by atoms with Gasteiger partial charge in [-0.25, -0.2) is 0 Å². The zero-order valence-electron chi connectivity index (χ0n) is 22.9. The van der Waals surface area contributed by atoms with Crippen LogP contribution in [0, 0.1) is 16.1 Å². The topological polar surface area (TPSA) is 104 Å². The van der Waals surface area contributed by atoms with E-state index in [0.29, 0.717) is 25.2 Å². The molecule has 40 heavy (non-hydrogen) atoms. The molecule has 0 bridgehead atoms. The molecule has 3 aromatic rings. The van der Waals surface area contributed by atoms with Crippen molar-refractivity contribution in [1.29, 1.82) is 5.26 Å². The summed E-state index contributed by atoms with van der Waals surface area (Å²) in [6.45, 7) is 9.10. The summed E-state index contributed by atoms with van der Waals surface area (Å²) in [6.07, 6.45) is 6.68. The molecule has 2 aromatic heterocycles. The van der Waals surface area contributed by atoms with Crippen molar-refractivity contribution in [3.05, 3.63) is 91.8 Å². The highest BCUT2D eigenvalue weighted by Gasteiger charge is 2.43. The van der Waals surface area contributed by atoms with Gasteiger partial charge >= 0.3 is 0 Å². The van der Waals surface area contributed by atoms with Crippen molar-refractivity contribution in [3.8, 4) is 17.6 Å². The minimum absolute atomic E-state index is 0.0814. The van der Waals surface area contributed by atoms with E-state index in [0.717, 1.165) is 28.1 Å². The lowest BCUT2D eigenvalue weighted by Crippen LogP contribution is -2.34. The summed E-state index contributed by atoms with van der Waals surface area (Å²) in [6, 6.07) is 12.2. The van der Waals surface area contributed by atoms with Gasteiger partial charge in [-0.1, -0.05) is 12.1 Å². The van der Waals surface area contributed by atoms with Gasteiger partial charge in [-0.15, -0.1) is 11.6 Å². The molecule has 0 spiro atoms. The molecule has 0 fully saturated rings. The molecule has 2 N–H and O–H groups in total. The lowest BCUT2D eigenvalue weighted by Gasteiger charge is -2.15. The summed E-state index contributed by atoms with van der Waals surface area (Å²) in [5, 5.41) is 23.4. The average Bonchev–Trinajstić information content (AvgIpc) is 3.17. The van der Waals surface area contributed by atoms with E-state index in [-0.39, 0.29) is 39.0 Å². The van der Waals surface area contributed by atoms with E-state index in [1.54, 1.807) is 12.2 Å². The molecule has 1 aromatic carbocycles. The van der Waals surface area contributed by atoms with Gasteiger partial charge in [-0.3, -0.25) is 18.7 Å². The van der Waals surface area contributed by atoms with Crippen molar-refractivity contribution in [2.45, 2.75) is 52.7 Å². The number of aromatic hydroxyl groups is 1. The summed E-state index contributed by atoms with van der Waals surface area (Å²) in [5.74, 6) is -0.496. The Bertz CT molecular complexity index is 1730. The number of carbonyl (C=O) groups is 1. The lowest BCUT2D eigenvalue weighted by molar-refractivity contribution is -0.599. The van der Waals surface area contributed by atoms with Crippen LogP contribution in [-0.4, -0.2) is 26.0 Å². The molecule has 0 radical (unpaired) electrons. The minimum atomic E-state index is -0.382. The first kappa shape index (κ1) is 29.0. The molecule has 206 valence electrons.